The number of carbonyl (C=O) groups excluding carboxylic acids is 2. The molecule has 138 valence electrons. The van der Waals surface area contributed by atoms with Crippen LogP contribution in [0.15, 0.2) is 53.4 Å². The molecule has 0 aliphatic carbocycles. The Morgan fingerprint density at radius 2 is 1.77 bits per heavy atom. The Morgan fingerprint density at radius 1 is 1.08 bits per heavy atom. The molecule has 0 heterocycles. The summed E-state index contributed by atoms with van der Waals surface area (Å²) in [5, 5.41) is 6.48. The van der Waals surface area contributed by atoms with E-state index in [2.05, 4.69) is 10.6 Å². The van der Waals surface area contributed by atoms with Crippen molar-refractivity contribution < 1.29 is 9.59 Å². The van der Waals surface area contributed by atoms with E-state index >= 15 is 0 Å². The summed E-state index contributed by atoms with van der Waals surface area (Å²) in [6, 6.07) is 15.0. The van der Waals surface area contributed by atoms with Gasteiger partial charge in [0.05, 0.1) is 11.3 Å². The van der Waals surface area contributed by atoms with Gasteiger partial charge in [0, 0.05) is 22.5 Å². The molecular weight excluding hydrogens is 368 g/mol. The van der Waals surface area contributed by atoms with E-state index in [4.69, 9.17) is 11.6 Å². The minimum Gasteiger partial charge on any atom is -0.353 e. The standard InChI is InChI=1S/C20H23ClN2O2S/c1-14(2)23-19(24)13-26-18-6-4-3-5-17(18)20(25)22-12-11-15-7-9-16(21)10-8-15/h3-10,14H,11-13H2,1-2H3,(H,22,25)(H,23,24). The molecule has 0 aromatic heterocycles. The minimum absolute atomic E-state index is 0.0389. The molecule has 0 unspecified atom stereocenters. The third-order valence-corrected chi connectivity index (χ3v) is 4.88. The average Bonchev–Trinajstić information content (AvgIpc) is 2.61. The van der Waals surface area contributed by atoms with Crippen molar-refractivity contribution in [2.75, 3.05) is 12.3 Å². The van der Waals surface area contributed by atoms with Crippen molar-refractivity contribution in [3.8, 4) is 0 Å². The molecule has 0 saturated carbocycles. The van der Waals surface area contributed by atoms with E-state index in [-0.39, 0.29) is 23.6 Å². The molecule has 0 atom stereocenters. The molecule has 0 aliphatic heterocycles. The van der Waals surface area contributed by atoms with E-state index in [1.165, 1.54) is 11.8 Å². The van der Waals surface area contributed by atoms with Crippen LogP contribution in [0.25, 0.3) is 0 Å². The minimum atomic E-state index is -0.133. The highest BCUT2D eigenvalue weighted by Gasteiger charge is 2.12. The number of thioether (sulfide) groups is 1. The summed E-state index contributed by atoms with van der Waals surface area (Å²) in [5.41, 5.74) is 1.70. The van der Waals surface area contributed by atoms with Crippen LogP contribution in [-0.2, 0) is 11.2 Å². The predicted octanol–water partition coefficient (Wildman–Crippen LogP) is 3.93. The molecule has 2 rings (SSSR count). The quantitative estimate of drug-likeness (QED) is 0.671. The molecule has 0 fully saturated rings. The van der Waals surface area contributed by atoms with Crippen LogP contribution in [0.2, 0.25) is 5.02 Å². The Labute approximate surface area is 163 Å². The van der Waals surface area contributed by atoms with Crippen molar-refractivity contribution in [1.82, 2.24) is 10.6 Å². The topological polar surface area (TPSA) is 58.2 Å². The molecule has 4 nitrogen and oxygen atoms in total. The summed E-state index contributed by atoms with van der Waals surface area (Å²) in [4.78, 5) is 25.1. The monoisotopic (exact) mass is 390 g/mol. The Balaban J connectivity index is 1.89. The van der Waals surface area contributed by atoms with E-state index in [9.17, 15) is 9.59 Å². The second-order valence-electron chi connectivity index (χ2n) is 6.14. The Kier molecular flexibility index (Phi) is 8.01. The Bertz CT molecular complexity index is 748. The van der Waals surface area contributed by atoms with Gasteiger partial charge < -0.3 is 10.6 Å². The predicted molar refractivity (Wildman–Crippen MR) is 108 cm³/mol. The lowest BCUT2D eigenvalue weighted by Gasteiger charge is -2.11. The van der Waals surface area contributed by atoms with Gasteiger partial charge in [-0.2, -0.15) is 0 Å². The van der Waals surface area contributed by atoms with Crippen molar-refractivity contribution in [2.24, 2.45) is 0 Å². The fraction of sp³-hybridized carbons (Fsp3) is 0.300. The maximum absolute atomic E-state index is 12.5. The van der Waals surface area contributed by atoms with Crippen LogP contribution in [0.3, 0.4) is 0 Å². The van der Waals surface area contributed by atoms with Crippen LogP contribution in [0.4, 0.5) is 0 Å². The SMILES string of the molecule is CC(C)NC(=O)CSc1ccccc1C(=O)NCCc1ccc(Cl)cc1. The zero-order valence-electron chi connectivity index (χ0n) is 14.9. The van der Waals surface area contributed by atoms with Crippen LogP contribution in [0.1, 0.15) is 29.8 Å². The van der Waals surface area contributed by atoms with Crippen LogP contribution in [0, 0.1) is 0 Å². The maximum atomic E-state index is 12.5. The summed E-state index contributed by atoms with van der Waals surface area (Å²) >= 11 is 7.24. The highest BCUT2D eigenvalue weighted by Crippen LogP contribution is 2.22. The van der Waals surface area contributed by atoms with E-state index in [0.29, 0.717) is 17.1 Å². The summed E-state index contributed by atoms with van der Waals surface area (Å²) in [6.07, 6.45) is 0.731. The molecule has 0 spiro atoms. The number of halogens is 1. The number of rotatable bonds is 8. The van der Waals surface area contributed by atoms with Gasteiger partial charge in [0.25, 0.3) is 5.91 Å². The van der Waals surface area contributed by atoms with Gasteiger partial charge in [-0.05, 0) is 50.1 Å². The van der Waals surface area contributed by atoms with Crippen LogP contribution >= 0.6 is 23.4 Å². The highest BCUT2D eigenvalue weighted by atomic mass is 35.5. The van der Waals surface area contributed by atoms with Crippen molar-refractivity contribution in [3.05, 3.63) is 64.7 Å². The molecule has 2 aromatic carbocycles. The van der Waals surface area contributed by atoms with Crippen molar-refractivity contribution in [1.29, 1.82) is 0 Å². The van der Waals surface area contributed by atoms with Gasteiger partial charge in [-0.3, -0.25) is 9.59 Å². The van der Waals surface area contributed by atoms with E-state index in [1.54, 1.807) is 6.07 Å². The van der Waals surface area contributed by atoms with Crippen molar-refractivity contribution in [2.45, 2.75) is 31.2 Å². The summed E-state index contributed by atoms with van der Waals surface area (Å²) < 4.78 is 0. The molecule has 0 aliphatic rings. The molecule has 2 N–H and O–H groups in total. The molecular formula is C20H23ClN2O2S. The number of benzene rings is 2. The number of nitrogens with one attached hydrogen (secondary N) is 2. The normalized spacial score (nSPS) is 10.6. The van der Waals surface area contributed by atoms with Gasteiger partial charge in [-0.1, -0.05) is 35.9 Å². The van der Waals surface area contributed by atoms with Crippen LogP contribution in [0.5, 0.6) is 0 Å². The smallest absolute Gasteiger partial charge is 0.252 e. The zero-order valence-corrected chi connectivity index (χ0v) is 16.5. The van der Waals surface area contributed by atoms with E-state index in [1.807, 2.05) is 56.3 Å². The maximum Gasteiger partial charge on any atom is 0.252 e. The largest absolute Gasteiger partial charge is 0.353 e. The summed E-state index contributed by atoms with van der Waals surface area (Å²) in [7, 11) is 0. The second kappa shape index (κ2) is 10.2. The molecule has 2 aromatic rings. The fourth-order valence-corrected chi connectivity index (χ4v) is 3.34. The first-order valence-corrected chi connectivity index (χ1v) is 9.86. The molecule has 26 heavy (non-hydrogen) atoms. The van der Waals surface area contributed by atoms with Gasteiger partial charge in [0.2, 0.25) is 5.91 Å². The third kappa shape index (κ3) is 6.73. The number of amides is 2. The zero-order chi connectivity index (χ0) is 18.9. The first kappa shape index (κ1) is 20.3. The Morgan fingerprint density at radius 3 is 2.46 bits per heavy atom. The van der Waals surface area contributed by atoms with Gasteiger partial charge in [0.15, 0.2) is 0 Å². The van der Waals surface area contributed by atoms with Gasteiger partial charge in [-0.15, -0.1) is 11.8 Å². The lowest BCUT2D eigenvalue weighted by atomic mass is 10.1. The second-order valence-corrected chi connectivity index (χ2v) is 7.59. The fourth-order valence-electron chi connectivity index (χ4n) is 2.35. The Hall–Kier alpha value is -1.98. The van der Waals surface area contributed by atoms with Crippen LogP contribution in [-0.4, -0.2) is 30.2 Å². The van der Waals surface area contributed by atoms with Gasteiger partial charge in [0.1, 0.15) is 0 Å². The third-order valence-electron chi connectivity index (χ3n) is 3.55. The molecule has 0 bridgehead atoms. The number of carbonyl (C=O) groups is 2. The summed E-state index contributed by atoms with van der Waals surface area (Å²) in [5.74, 6) is 0.113. The number of hydrogen-bond acceptors (Lipinski definition) is 3. The molecule has 0 radical (unpaired) electrons. The first-order chi connectivity index (χ1) is 12.5. The first-order valence-electron chi connectivity index (χ1n) is 8.49. The average molecular weight is 391 g/mol. The molecule has 6 heteroatoms. The van der Waals surface area contributed by atoms with Gasteiger partial charge >= 0.3 is 0 Å². The lowest BCUT2D eigenvalue weighted by Crippen LogP contribution is -2.31. The van der Waals surface area contributed by atoms with Gasteiger partial charge in [-0.25, -0.2) is 0 Å². The highest BCUT2D eigenvalue weighted by molar-refractivity contribution is 8.00. The molecule has 0 saturated heterocycles. The van der Waals surface area contributed by atoms with Crippen LogP contribution < -0.4 is 10.6 Å². The molecule has 2 amide bonds. The van der Waals surface area contributed by atoms with Crippen molar-refractivity contribution in [3.63, 3.8) is 0 Å². The summed E-state index contributed by atoms with van der Waals surface area (Å²) in [6.45, 7) is 4.38. The van der Waals surface area contributed by atoms with E-state index in [0.717, 1.165) is 16.9 Å². The number of hydrogen-bond donors (Lipinski definition) is 2. The lowest BCUT2D eigenvalue weighted by molar-refractivity contribution is -0.119. The van der Waals surface area contributed by atoms with E-state index < -0.39 is 0 Å². The van der Waals surface area contributed by atoms with Crippen molar-refractivity contribution >= 4 is 35.2 Å².